The Kier molecular flexibility index (Phi) is 1.69. The first kappa shape index (κ1) is 6.66. The highest BCUT2D eigenvalue weighted by Gasteiger charge is 2.32. The van der Waals surface area contributed by atoms with E-state index in [-0.39, 0.29) is 0 Å². The van der Waals surface area contributed by atoms with Crippen molar-refractivity contribution in [1.82, 2.24) is 5.32 Å². The largest absolute Gasteiger partial charge is 0.317 e. The Bertz CT molecular complexity index is 110. The van der Waals surface area contributed by atoms with E-state index in [4.69, 9.17) is 0 Å². The molecule has 0 aromatic heterocycles. The molecule has 2 bridgehead atoms. The van der Waals surface area contributed by atoms with Crippen molar-refractivity contribution in [1.29, 1.82) is 0 Å². The van der Waals surface area contributed by atoms with Gasteiger partial charge in [0, 0.05) is 6.04 Å². The number of hydrogen-bond donors (Lipinski definition) is 1. The first-order valence-electron chi connectivity index (χ1n) is 4.55. The lowest BCUT2D eigenvalue weighted by Crippen LogP contribution is -2.31. The molecule has 0 heterocycles. The van der Waals surface area contributed by atoms with E-state index < -0.39 is 0 Å². The standard InChI is InChI=1S/C9H17N/c1-10-9-5-7-2-3-8(4-7)6-9/h7-10H,2-6H2,1H3/t7-,8+,9+. The number of fused-ring (bicyclic) bond motifs is 2. The minimum Gasteiger partial charge on any atom is -0.317 e. The summed E-state index contributed by atoms with van der Waals surface area (Å²) >= 11 is 0. The average molecular weight is 139 g/mol. The zero-order chi connectivity index (χ0) is 6.97. The van der Waals surface area contributed by atoms with Crippen molar-refractivity contribution in [2.24, 2.45) is 11.8 Å². The van der Waals surface area contributed by atoms with E-state index in [0.29, 0.717) is 0 Å². The molecule has 58 valence electrons. The molecule has 2 fully saturated rings. The summed E-state index contributed by atoms with van der Waals surface area (Å²) in [5.74, 6) is 2.16. The Labute approximate surface area is 63.2 Å². The van der Waals surface area contributed by atoms with Gasteiger partial charge in [0.05, 0.1) is 0 Å². The summed E-state index contributed by atoms with van der Waals surface area (Å²) in [5, 5.41) is 3.40. The maximum atomic E-state index is 3.40. The Morgan fingerprint density at radius 1 is 1.00 bits per heavy atom. The third-order valence-corrected chi connectivity index (χ3v) is 3.29. The fraction of sp³-hybridized carbons (Fsp3) is 1.00. The highest BCUT2D eigenvalue weighted by Crippen LogP contribution is 2.41. The van der Waals surface area contributed by atoms with Crippen LogP contribution in [0.3, 0.4) is 0 Å². The molecule has 1 N–H and O–H groups in total. The molecule has 0 saturated heterocycles. The minimum absolute atomic E-state index is 0.853. The van der Waals surface area contributed by atoms with Crippen LogP contribution in [0.4, 0.5) is 0 Å². The Morgan fingerprint density at radius 3 is 2.10 bits per heavy atom. The van der Waals surface area contributed by atoms with Gasteiger partial charge in [0.2, 0.25) is 0 Å². The van der Waals surface area contributed by atoms with Crippen molar-refractivity contribution in [3.63, 3.8) is 0 Å². The second-order valence-electron chi connectivity index (χ2n) is 4.00. The van der Waals surface area contributed by atoms with Gasteiger partial charge in [-0.3, -0.25) is 0 Å². The van der Waals surface area contributed by atoms with Crippen LogP contribution in [0.15, 0.2) is 0 Å². The SMILES string of the molecule is CN[C@H]1C[C@@H]2CC[C@@H](C2)C1. The molecular formula is C9H17N. The number of nitrogens with one attached hydrogen (secondary N) is 1. The second kappa shape index (κ2) is 2.54. The second-order valence-corrected chi connectivity index (χ2v) is 4.00. The van der Waals surface area contributed by atoms with Gasteiger partial charge >= 0.3 is 0 Å². The number of hydrogen-bond acceptors (Lipinski definition) is 1. The van der Waals surface area contributed by atoms with E-state index in [1.807, 2.05) is 0 Å². The Balaban J connectivity index is 1.96. The highest BCUT2D eigenvalue weighted by molar-refractivity contribution is 4.87. The van der Waals surface area contributed by atoms with E-state index in [2.05, 4.69) is 12.4 Å². The van der Waals surface area contributed by atoms with Gasteiger partial charge in [-0.25, -0.2) is 0 Å². The van der Waals surface area contributed by atoms with Gasteiger partial charge in [0.1, 0.15) is 0 Å². The van der Waals surface area contributed by atoms with Crippen LogP contribution < -0.4 is 5.32 Å². The molecule has 3 atom stereocenters. The fourth-order valence-electron chi connectivity index (χ4n) is 2.74. The summed E-state index contributed by atoms with van der Waals surface area (Å²) < 4.78 is 0. The molecule has 0 radical (unpaired) electrons. The van der Waals surface area contributed by atoms with Crippen LogP contribution in [0.2, 0.25) is 0 Å². The zero-order valence-electron chi connectivity index (χ0n) is 6.77. The summed E-state index contributed by atoms with van der Waals surface area (Å²) in [6.07, 6.45) is 7.48. The molecule has 2 aliphatic rings. The van der Waals surface area contributed by atoms with Crippen LogP contribution in [0.5, 0.6) is 0 Å². The van der Waals surface area contributed by atoms with Crippen LogP contribution in [-0.4, -0.2) is 13.1 Å². The topological polar surface area (TPSA) is 12.0 Å². The van der Waals surface area contributed by atoms with Crippen LogP contribution in [0.25, 0.3) is 0 Å². The van der Waals surface area contributed by atoms with Crippen LogP contribution in [0.1, 0.15) is 32.1 Å². The van der Waals surface area contributed by atoms with Crippen molar-refractivity contribution in [3.05, 3.63) is 0 Å². The molecule has 0 aliphatic heterocycles. The van der Waals surface area contributed by atoms with Crippen molar-refractivity contribution in [3.8, 4) is 0 Å². The Morgan fingerprint density at radius 2 is 1.60 bits per heavy atom. The molecule has 0 spiro atoms. The molecule has 1 nitrogen and oxygen atoms in total. The molecule has 10 heavy (non-hydrogen) atoms. The lowest BCUT2D eigenvalue weighted by atomic mass is 9.86. The predicted molar refractivity (Wildman–Crippen MR) is 42.9 cm³/mol. The molecule has 2 aliphatic carbocycles. The summed E-state index contributed by atoms with van der Waals surface area (Å²) in [5.41, 5.74) is 0. The van der Waals surface area contributed by atoms with Crippen molar-refractivity contribution < 1.29 is 0 Å². The minimum atomic E-state index is 0.853. The molecule has 0 amide bonds. The molecule has 0 unspecified atom stereocenters. The van der Waals surface area contributed by atoms with Gasteiger partial charge in [-0.2, -0.15) is 0 Å². The number of rotatable bonds is 1. The molecule has 1 heteroatoms. The zero-order valence-corrected chi connectivity index (χ0v) is 6.77. The molecular weight excluding hydrogens is 122 g/mol. The summed E-state index contributed by atoms with van der Waals surface area (Å²) in [7, 11) is 2.11. The maximum absolute atomic E-state index is 3.40. The van der Waals surface area contributed by atoms with E-state index in [1.54, 1.807) is 0 Å². The van der Waals surface area contributed by atoms with Gasteiger partial charge in [-0.1, -0.05) is 12.8 Å². The smallest absolute Gasteiger partial charge is 0.00693 e. The summed E-state index contributed by atoms with van der Waals surface area (Å²) in [6, 6.07) is 0.853. The molecule has 0 aromatic carbocycles. The monoisotopic (exact) mass is 139 g/mol. The highest BCUT2D eigenvalue weighted by atomic mass is 14.9. The van der Waals surface area contributed by atoms with Gasteiger partial charge in [0.25, 0.3) is 0 Å². The van der Waals surface area contributed by atoms with Crippen LogP contribution in [0, 0.1) is 11.8 Å². The van der Waals surface area contributed by atoms with Gasteiger partial charge in [-0.05, 0) is 38.1 Å². The maximum Gasteiger partial charge on any atom is 0.00693 e. The van der Waals surface area contributed by atoms with Crippen molar-refractivity contribution in [2.75, 3.05) is 7.05 Å². The van der Waals surface area contributed by atoms with Gasteiger partial charge in [-0.15, -0.1) is 0 Å². The van der Waals surface area contributed by atoms with Crippen LogP contribution in [-0.2, 0) is 0 Å². The van der Waals surface area contributed by atoms with Crippen LogP contribution >= 0.6 is 0 Å². The fourth-order valence-corrected chi connectivity index (χ4v) is 2.74. The summed E-state index contributed by atoms with van der Waals surface area (Å²) in [6.45, 7) is 0. The van der Waals surface area contributed by atoms with E-state index >= 15 is 0 Å². The Hall–Kier alpha value is -0.0400. The van der Waals surface area contributed by atoms with Crippen molar-refractivity contribution in [2.45, 2.75) is 38.1 Å². The molecule has 2 rings (SSSR count). The average Bonchev–Trinajstić information content (AvgIpc) is 2.30. The lowest BCUT2D eigenvalue weighted by molar-refractivity contribution is 0.292. The van der Waals surface area contributed by atoms with E-state index in [0.717, 1.165) is 17.9 Å². The summed E-state index contributed by atoms with van der Waals surface area (Å²) in [4.78, 5) is 0. The quantitative estimate of drug-likeness (QED) is 0.584. The van der Waals surface area contributed by atoms with E-state index in [1.165, 1.54) is 32.1 Å². The molecule has 2 saturated carbocycles. The first-order chi connectivity index (χ1) is 4.88. The first-order valence-corrected chi connectivity index (χ1v) is 4.55. The normalized spacial score (nSPS) is 45.9. The lowest BCUT2D eigenvalue weighted by Gasteiger charge is -2.26. The third-order valence-electron chi connectivity index (χ3n) is 3.29. The third kappa shape index (κ3) is 1.07. The van der Waals surface area contributed by atoms with Gasteiger partial charge < -0.3 is 5.32 Å². The van der Waals surface area contributed by atoms with Crippen molar-refractivity contribution >= 4 is 0 Å². The van der Waals surface area contributed by atoms with Gasteiger partial charge in [0.15, 0.2) is 0 Å². The van der Waals surface area contributed by atoms with E-state index in [9.17, 15) is 0 Å². The molecule has 0 aromatic rings. The predicted octanol–water partition coefficient (Wildman–Crippen LogP) is 1.78.